The van der Waals surface area contributed by atoms with Crippen molar-refractivity contribution in [2.24, 2.45) is 0 Å². The standard InChI is InChI=1S/C27H19NS/c1-4-10-20(11-5-1)23-16-17-24(27-28-18-19-29-27)26(22-14-8-3-9-15-22)25(23)21-12-6-2-7-13-21/h1-19H. The Morgan fingerprint density at radius 2 is 0.966 bits per heavy atom. The van der Waals surface area contributed by atoms with Gasteiger partial charge in [-0.15, -0.1) is 11.3 Å². The van der Waals surface area contributed by atoms with E-state index in [1.54, 1.807) is 11.3 Å². The molecule has 0 fully saturated rings. The van der Waals surface area contributed by atoms with Gasteiger partial charge in [0.15, 0.2) is 0 Å². The maximum atomic E-state index is 4.63. The van der Waals surface area contributed by atoms with Gasteiger partial charge in [-0.1, -0.05) is 103 Å². The molecule has 5 aromatic rings. The lowest BCUT2D eigenvalue weighted by atomic mass is 9.85. The second kappa shape index (κ2) is 7.86. The van der Waals surface area contributed by atoms with E-state index in [0.717, 1.165) is 5.01 Å². The normalized spacial score (nSPS) is 10.8. The molecular formula is C27H19NS. The molecule has 0 atom stereocenters. The minimum absolute atomic E-state index is 1.04. The van der Waals surface area contributed by atoms with Crippen molar-refractivity contribution in [2.75, 3.05) is 0 Å². The van der Waals surface area contributed by atoms with Crippen LogP contribution in [0, 0.1) is 0 Å². The van der Waals surface area contributed by atoms with Crippen LogP contribution in [0.3, 0.4) is 0 Å². The first kappa shape index (κ1) is 17.6. The zero-order chi connectivity index (χ0) is 19.5. The van der Waals surface area contributed by atoms with Crippen LogP contribution in [0.15, 0.2) is 115 Å². The summed E-state index contributed by atoms with van der Waals surface area (Å²) in [7, 11) is 0. The average molecular weight is 390 g/mol. The van der Waals surface area contributed by atoms with Gasteiger partial charge in [0, 0.05) is 22.7 Å². The van der Waals surface area contributed by atoms with Crippen molar-refractivity contribution in [3.63, 3.8) is 0 Å². The van der Waals surface area contributed by atoms with Gasteiger partial charge in [-0.05, 0) is 27.8 Å². The minimum atomic E-state index is 1.04. The second-order valence-corrected chi connectivity index (χ2v) is 7.74. The van der Waals surface area contributed by atoms with E-state index in [0.29, 0.717) is 0 Å². The molecule has 0 spiro atoms. The lowest BCUT2D eigenvalue weighted by Gasteiger charge is -2.19. The number of nitrogens with zero attached hydrogens (tertiary/aromatic N) is 1. The van der Waals surface area contributed by atoms with Crippen LogP contribution in [0.5, 0.6) is 0 Å². The topological polar surface area (TPSA) is 12.9 Å². The van der Waals surface area contributed by atoms with Gasteiger partial charge in [-0.2, -0.15) is 0 Å². The van der Waals surface area contributed by atoms with Gasteiger partial charge in [-0.3, -0.25) is 0 Å². The predicted octanol–water partition coefficient (Wildman–Crippen LogP) is 7.81. The van der Waals surface area contributed by atoms with Gasteiger partial charge in [0.05, 0.1) is 0 Å². The fourth-order valence-electron chi connectivity index (χ4n) is 3.80. The van der Waals surface area contributed by atoms with E-state index in [4.69, 9.17) is 0 Å². The molecule has 0 saturated heterocycles. The summed E-state index contributed by atoms with van der Waals surface area (Å²) in [6, 6.07) is 36.4. The van der Waals surface area contributed by atoms with Crippen molar-refractivity contribution in [2.45, 2.75) is 0 Å². The smallest absolute Gasteiger partial charge is 0.123 e. The highest BCUT2D eigenvalue weighted by Crippen LogP contribution is 2.45. The Labute approximate surface area is 175 Å². The number of aromatic nitrogens is 1. The molecule has 1 heterocycles. The molecule has 0 N–H and O–H groups in total. The van der Waals surface area contributed by atoms with Crippen LogP contribution in [-0.2, 0) is 0 Å². The van der Waals surface area contributed by atoms with Crippen molar-refractivity contribution in [1.82, 2.24) is 4.98 Å². The number of thiazole rings is 1. The van der Waals surface area contributed by atoms with Crippen molar-refractivity contribution in [3.05, 3.63) is 115 Å². The van der Waals surface area contributed by atoms with E-state index < -0.39 is 0 Å². The Morgan fingerprint density at radius 1 is 0.483 bits per heavy atom. The Balaban J connectivity index is 1.91. The van der Waals surface area contributed by atoms with Gasteiger partial charge < -0.3 is 0 Å². The molecule has 0 saturated carbocycles. The zero-order valence-corrected chi connectivity index (χ0v) is 16.6. The molecule has 138 valence electrons. The summed E-state index contributed by atoms with van der Waals surface area (Å²) < 4.78 is 0. The molecule has 29 heavy (non-hydrogen) atoms. The molecule has 4 aromatic carbocycles. The largest absolute Gasteiger partial charge is 0.245 e. The van der Waals surface area contributed by atoms with Crippen LogP contribution in [0.2, 0.25) is 0 Å². The van der Waals surface area contributed by atoms with Crippen molar-refractivity contribution >= 4 is 11.3 Å². The third-order valence-corrected chi connectivity index (χ3v) is 5.88. The summed E-state index contributed by atoms with van der Waals surface area (Å²) in [4.78, 5) is 4.63. The molecule has 1 aromatic heterocycles. The summed E-state index contributed by atoms with van der Waals surface area (Å²) >= 11 is 1.68. The number of rotatable bonds is 4. The van der Waals surface area contributed by atoms with E-state index in [2.05, 4.69) is 108 Å². The summed E-state index contributed by atoms with van der Waals surface area (Å²) in [5.41, 5.74) is 8.51. The fraction of sp³-hybridized carbons (Fsp3) is 0. The molecule has 0 amide bonds. The number of hydrogen-bond acceptors (Lipinski definition) is 2. The molecule has 2 heteroatoms. The second-order valence-electron chi connectivity index (χ2n) is 6.85. The quantitative estimate of drug-likeness (QED) is 0.305. The molecule has 1 nitrogen and oxygen atoms in total. The first-order valence-electron chi connectivity index (χ1n) is 9.65. The Bertz CT molecular complexity index is 1210. The van der Waals surface area contributed by atoms with E-state index in [9.17, 15) is 0 Å². The molecule has 0 aliphatic carbocycles. The Morgan fingerprint density at radius 3 is 1.48 bits per heavy atom. The third kappa shape index (κ3) is 3.39. The molecule has 0 bridgehead atoms. The van der Waals surface area contributed by atoms with Crippen molar-refractivity contribution in [3.8, 4) is 44.0 Å². The average Bonchev–Trinajstić information content (AvgIpc) is 3.35. The Hall–Kier alpha value is -3.49. The maximum Gasteiger partial charge on any atom is 0.123 e. The maximum absolute atomic E-state index is 4.63. The lowest BCUT2D eigenvalue weighted by Crippen LogP contribution is -1.94. The highest BCUT2D eigenvalue weighted by atomic mass is 32.1. The first-order chi connectivity index (χ1) is 14.4. The number of hydrogen-bond donors (Lipinski definition) is 0. The fourth-order valence-corrected chi connectivity index (χ4v) is 4.47. The zero-order valence-electron chi connectivity index (χ0n) is 15.8. The van der Waals surface area contributed by atoms with E-state index in [1.165, 1.54) is 38.9 Å². The summed E-state index contributed by atoms with van der Waals surface area (Å²) in [5.74, 6) is 0. The van der Waals surface area contributed by atoms with E-state index in [-0.39, 0.29) is 0 Å². The lowest BCUT2D eigenvalue weighted by molar-refractivity contribution is 1.41. The molecular weight excluding hydrogens is 370 g/mol. The van der Waals surface area contributed by atoms with Crippen LogP contribution in [0.25, 0.3) is 44.0 Å². The Kier molecular flexibility index (Phi) is 4.77. The minimum Gasteiger partial charge on any atom is -0.245 e. The van der Waals surface area contributed by atoms with Gasteiger partial charge in [-0.25, -0.2) is 4.98 Å². The third-order valence-electron chi connectivity index (χ3n) is 5.08. The molecule has 0 radical (unpaired) electrons. The van der Waals surface area contributed by atoms with E-state index in [1.807, 2.05) is 11.6 Å². The van der Waals surface area contributed by atoms with Crippen molar-refractivity contribution in [1.29, 1.82) is 0 Å². The summed E-state index contributed by atoms with van der Waals surface area (Å²) in [5, 5.41) is 3.08. The molecule has 5 rings (SSSR count). The highest BCUT2D eigenvalue weighted by molar-refractivity contribution is 7.13. The van der Waals surface area contributed by atoms with Crippen LogP contribution >= 0.6 is 11.3 Å². The van der Waals surface area contributed by atoms with Crippen LogP contribution in [0.1, 0.15) is 0 Å². The predicted molar refractivity (Wildman–Crippen MR) is 124 cm³/mol. The molecule has 0 aliphatic heterocycles. The molecule has 0 aliphatic rings. The monoisotopic (exact) mass is 389 g/mol. The van der Waals surface area contributed by atoms with E-state index >= 15 is 0 Å². The SMILES string of the molecule is c1ccc(-c2ccc(-c3nccs3)c(-c3ccccc3)c2-c2ccccc2)cc1. The summed E-state index contributed by atoms with van der Waals surface area (Å²) in [6.45, 7) is 0. The van der Waals surface area contributed by atoms with Gasteiger partial charge in [0.1, 0.15) is 5.01 Å². The van der Waals surface area contributed by atoms with Crippen LogP contribution < -0.4 is 0 Å². The van der Waals surface area contributed by atoms with Gasteiger partial charge in [0.25, 0.3) is 0 Å². The summed E-state index contributed by atoms with van der Waals surface area (Å²) in [6.07, 6.45) is 1.88. The molecule has 0 unspecified atom stereocenters. The van der Waals surface area contributed by atoms with Crippen LogP contribution in [-0.4, -0.2) is 4.98 Å². The highest BCUT2D eigenvalue weighted by Gasteiger charge is 2.19. The van der Waals surface area contributed by atoms with Crippen LogP contribution in [0.4, 0.5) is 0 Å². The first-order valence-corrected chi connectivity index (χ1v) is 10.5. The van der Waals surface area contributed by atoms with Gasteiger partial charge >= 0.3 is 0 Å². The number of benzene rings is 4. The van der Waals surface area contributed by atoms with Crippen molar-refractivity contribution < 1.29 is 0 Å². The van der Waals surface area contributed by atoms with Gasteiger partial charge in [0.2, 0.25) is 0 Å².